The number of ether oxygens (including phenoxy) is 1. The molecule has 0 unspecified atom stereocenters. The quantitative estimate of drug-likeness (QED) is 0.879. The summed E-state index contributed by atoms with van der Waals surface area (Å²) in [6.45, 7) is 4.50. The number of carbonyl (C=O) groups excluding carboxylic acids is 2. The first kappa shape index (κ1) is 18.5. The fraction of sp³-hybridized carbons (Fsp3) is 0.300. The van der Waals surface area contributed by atoms with Crippen LogP contribution in [0.3, 0.4) is 0 Å². The van der Waals surface area contributed by atoms with Crippen molar-refractivity contribution in [3.8, 4) is 5.75 Å². The molecule has 0 aliphatic rings. The van der Waals surface area contributed by atoms with Crippen molar-refractivity contribution in [1.82, 2.24) is 10.2 Å². The maximum Gasteiger partial charge on any atom is 0.260 e. The van der Waals surface area contributed by atoms with Gasteiger partial charge in [-0.2, -0.15) is 0 Å². The van der Waals surface area contributed by atoms with Crippen molar-refractivity contribution in [2.45, 2.75) is 20.4 Å². The third-order valence-corrected chi connectivity index (χ3v) is 4.13. The molecule has 2 amide bonds. The van der Waals surface area contributed by atoms with Crippen LogP contribution in [0.15, 0.2) is 42.5 Å². The number of hydrogen-bond donors (Lipinski definition) is 1. The zero-order valence-corrected chi connectivity index (χ0v) is 15.1. The predicted molar refractivity (Wildman–Crippen MR) is 97.7 cm³/mol. The van der Waals surface area contributed by atoms with Crippen molar-refractivity contribution >= 4 is 11.8 Å². The van der Waals surface area contributed by atoms with Gasteiger partial charge in [0.1, 0.15) is 5.75 Å². The van der Waals surface area contributed by atoms with Gasteiger partial charge in [0.25, 0.3) is 11.8 Å². The van der Waals surface area contributed by atoms with E-state index < -0.39 is 0 Å². The Labute approximate surface area is 148 Å². The molecule has 1 N–H and O–H groups in total. The molecule has 2 aromatic rings. The van der Waals surface area contributed by atoms with Gasteiger partial charge in [-0.1, -0.05) is 18.2 Å². The maximum atomic E-state index is 12.2. The normalized spacial score (nSPS) is 10.2. The molecular weight excluding hydrogens is 316 g/mol. The number of aryl methyl sites for hydroxylation is 2. The van der Waals surface area contributed by atoms with E-state index in [0.717, 1.165) is 11.1 Å². The minimum Gasteiger partial charge on any atom is -0.484 e. The molecule has 0 bridgehead atoms. The van der Waals surface area contributed by atoms with Crippen molar-refractivity contribution in [3.05, 3.63) is 64.7 Å². The van der Waals surface area contributed by atoms with Gasteiger partial charge in [-0.3, -0.25) is 9.59 Å². The zero-order valence-electron chi connectivity index (χ0n) is 15.1. The van der Waals surface area contributed by atoms with Crippen molar-refractivity contribution in [3.63, 3.8) is 0 Å². The van der Waals surface area contributed by atoms with Crippen molar-refractivity contribution < 1.29 is 14.3 Å². The number of likely N-dealkylation sites (N-methyl/N-ethyl adjacent to an activating group) is 1. The SMILES string of the molecule is CNC(=O)c1ccc(CN(C)C(=O)COc2ccc(C)c(C)c2)cc1. The van der Waals surface area contributed by atoms with Gasteiger partial charge in [0.05, 0.1) is 0 Å². The summed E-state index contributed by atoms with van der Waals surface area (Å²) in [5.74, 6) is 0.464. The molecule has 0 aromatic heterocycles. The Morgan fingerprint density at radius 2 is 1.72 bits per heavy atom. The van der Waals surface area contributed by atoms with Gasteiger partial charge < -0.3 is 15.0 Å². The van der Waals surface area contributed by atoms with E-state index in [4.69, 9.17) is 4.74 Å². The molecule has 0 aliphatic carbocycles. The van der Waals surface area contributed by atoms with Crippen LogP contribution in [-0.2, 0) is 11.3 Å². The molecule has 0 radical (unpaired) electrons. The minimum atomic E-state index is -0.127. The smallest absolute Gasteiger partial charge is 0.260 e. The molecule has 0 atom stereocenters. The van der Waals surface area contributed by atoms with E-state index in [9.17, 15) is 9.59 Å². The van der Waals surface area contributed by atoms with E-state index in [1.165, 1.54) is 5.56 Å². The summed E-state index contributed by atoms with van der Waals surface area (Å²) < 4.78 is 5.58. The third kappa shape index (κ3) is 5.08. The minimum absolute atomic E-state index is 0.00464. The fourth-order valence-electron chi connectivity index (χ4n) is 2.33. The lowest BCUT2D eigenvalue weighted by atomic mass is 10.1. The van der Waals surface area contributed by atoms with Crippen LogP contribution < -0.4 is 10.1 Å². The number of amides is 2. The number of carbonyl (C=O) groups is 2. The van der Waals surface area contributed by atoms with Crippen LogP contribution in [0, 0.1) is 13.8 Å². The molecule has 0 fully saturated rings. The highest BCUT2D eigenvalue weighted by Crippen LogP contribution is 2.16. The first-order chi connectivity index (χ1) is 11.9. The Hall–Kier alpha value is -2.82. The first-order valence-electron chi connectivity index (χ1n) is 8.15. The lowest BCUT2D eigenvalue weighted by Crippen LogP contribution is -2.31. The van der Waals surface area contributed by atoms with Crippen LogP contribution in [0.1, 0.15) is 27.0 Å². The third-order valence-electron chi connectivity index (χ3n) is 4.13. The van der Waals surface area contributed by atoms with Gasteiger partial charge in [-0.15, -0.1) is 0 Å². The van der Waals surface area contributed by atoms with E-state index in [0.29, 0.717) is 17.9 Å². The zero-order chi connectivity index (χ0) is 18.4. The second-order valence-electron chi connectivity index (χ2n) is 6.06. The van der Waals surface area contributed by atoms with E-state index in [1.807, 2.05) is 44.2 Å². The molecule has 5 nitrogen and oxygen atoms in total. The molecule has 25 heavy (non-hydrogen) atoms. The van der Waals surface area contributed by atoms with E-state index >= 15 is 0 Å². The molecule has 2 rings (SSSR count). The summed E-state index contributed by atoms with van der Waals surface area (Å²) >= 11 is 0. The van der Waals surface area contributed by atoms with Crippen LogP contribution in [0.2, 0.25) is 0 Å². The van der Waals surface area contributed by atoms with Gasteiger partial charge in [0.15, 0.2) is 6.61 Å². The van der Waals surface area contributed by atoms with Gasteiger partial charge in [0.2, 0.25) is 0 Å². The average molecular weight is 340 g/mol. The van der Waals surface area contributed by atoms with E-state index in [2.05, 4.69) is 5.32 Å². The van der Waals surface area contributed by atoms with Gasteiger partial charge >= 0.3 is 0 Å². The highest BCUT2D eigenvalue weighted by Gasteiger charge is 2.11. The van der Waals surface area contributed by atoms with Gasteiger partial charge in [0, 0.05) is 26.2 Å². The Kier molecular flexibility index (Phi) is 6.17. The second kappa shape index (κ2) is 8.33. The number of benzene rings is 2. The van der Waals surface area contributed by atoms with Gasteiger partial charge in [-0.05, 0) is 54.8 Å². The number of hydrogen-bond acceptors (Lipinski definition) is 3. The van der Waals surface area contributed by atoms with Crippen molar-refractivity contribution in [2.75, 3.05) is 20.7 Å². The second-order valence-corrected chi connectivity index (χ2v) is 6.06. The van der Waals surface area contributed by atoms with Crippen LogP contribution >= 0.6 is 0 Å². The largest absolute Gasteiger partial charge is 0.484 e. The molecule has 132 valence electrons. The van der Waals surface area contributed by atoms with Crippen LogP contribution in [0.4, 0.5) is 0 Å². The first-order valence-corrected chi connectivity index (χ1v) is 8.15. The molecule has 0 aliphatic heterocycles. The van der Waals surface area contributed by atoms with Crippen LogP contribution in [0.5, 0.6) is 5.75 Å². The van der Waals surface area contributed by atoms with Crippen molar-refractivity contribution in [1.29, 1.82) is 0 Å². The average Bonchev–Trinajstić information content (AvgIpc) is 2.62. The lowest BCUT2D eigenvalue weighted by Gasteiger charge is -2.18. The maximum absolute atomic E-state index is 12.2. The van der Waals surface area contributed by atoms with Crippen LogP contribution in [0.25, 0.3) is 0 Å². The highest BCUT2D eigenvalue weighted by atomic mass is 16.5. The Morgan fingerprint density at radius 1 is 1.04 bits per heavy atom. The Balaban J connectivity index is 1.89. The molecule has 0 heterocycles. The fourth-order valence-corrected chi connectivity index (χ4v) is 2.33. The molecule has 0 spiro atoms. The predicted octanol–water partition coefficient (Wildman–Crippen LogP) is 2.70. The Bertz CT molecular complexity index is 754. The standard InChI is InChI=1S/C20H24N2O3/c1-14-5-10-18(11-15(14)2)25-13-19(23)22(4)12-16-6-8-17(9-7-16)20(24)21-3/h5-11H,12-13H2,1-4H3,(H,21,24). The van der Waals surface area contributed by atoms with Gasteiger partial charge in [-0.25, -0.2) is 0 Å². The van der Waals surface area contributed by atoms with E-state index in [1.54, 1.807) is 31.1 Å². The summed E-state index contributed by atoms with van der Waals surface area (Å²) in [5, 5.41) is 2.58. The number of nitrogens with zero attached hydrogens (tertiary/aromatic N) is 1. The number of rotatable bonds is 6. The molecule has 2 aromatic carbocycles. The van der Waals surface area contributed by atoms with E-state index in [-0.39, 0.29) is 18.4 Å². The summed E-state index contributed by atoms with van der Waals surface area (Å²) in [5.41, 5.74) is 3.87. The topological polar surface area (TPSA) is 58.6 Å². The molecule has 5 heteroatoms. The summed E-state index contributed by atoms with van der Waals surface area (Å²) in [7, 11) is 3.33. The van der Waals surface area contributed by atoms with Crippen molar-refractivity contribution in [2.24, 2.45) is 0 Å². The molecule has 0 saturated carbocycles. The molecule has 0 saturated heterocycles. The monoisotopic (exact) mass is 340 g/mol. The highest BCUT2D eigenvalue weighted by molar-refractivity contribution is 5.93. The summed E-state index contributed by atoms with van der Waals surface area (Å²) in [6, 6.07) is 13.0. The molecular formula is C20H24N2O3. The number of nitrogens with one attached hydrogen (secondary N) is 1. The van der Waals surface area contributed by atoms with Crippen LogP contribution in [-0.4, -0.2) is 37.4 Å². The Morgan fingerprint density at radius 3 is 2.32 bits per heavy atom. The summed E-state index contributed by atoms with van der Waals surface area (Å²) in [4.78, 5) is 25.4. The summed E-state index contributed by atoms with van der Waals surface area (Å²) in [6.07, 6.45) is 0. The lowest BCUT2D eigenvalue weighted by molar-refractivity contribution is -0.132.